The van der Waals surface area contributed by atoms with Crippen LogP contribution in [0.4, 0.5) is 5.69 Å². The molecule has 2 rings (SSSR count). The lowest BCUT2D eigenvalue weighted by molar-refractivity contribution is 0.606. The highest BCUT2D eigenvalue weighted by Gasteiger charge is 2.15. The van der Waals surface area contributed by atoms with E-state index in [0.717, 1.165) is 11.9 Å². The summed E-state index contributed by atoms with van der Waals surface area (Å²) in [5.41, 5.74) is 4.43. The fourth-order valence-corrected chi connectivity index (χ4v) is 2.80. The van der Waals surface area contributed by atoms with E-state index in [1.54, 1.807) is 6.92 Å². The molecule has 0 amide bonds. The van der Waals surface area contributed by atoms with E-state index in [1.807, 2.05) is 23.7 Å². The normalized spacial score (nSPS) is 11.6. The number of sulfonamides is 1. The van der Waals surface area contributed by atoms with E-state index in [9.17, 15) is 8.42 Å². The molecule has 0 aliphatic rings. The van der Waals surface area contributed by atoms with E-state index >= 15 is 0 Å². The van der Waals surface area contributed by atoms with Crippen LogP contribution in [0.3, 0.4) is 0 Å². The van der Waals surface area contributed by atoms with Crippen LogP contribution in [0.15, 0.2) is 24.3 Å². The monoisotopic (exact) mass is 293 g/mol. The Morgan fingerprint density at radius 2 is 1.85 bits per heavy atom. The second kappa shape index (κ2) is 5.28. The van der Waals surface area contributed by atoms with Crippen molar-refractivity contribution in [1.29, 1.82) is 0 Å². The molecule has 5 nitrogen and oxygen atoms in total. The number of hydrogen-bond donors (Lipinski definition) is 1. The Hall–Kier alpha value is -1.82. The second-order valence-corrected chi connectivity index (χ2v) is 6.75. The van der Waals surface area contributed by atoms with E-state index in [-0.39, 0.29) is 0 Å². The minimum Gasteiger partial charge on any atom is -0.280 e. The first-order chi connectivity index (χ1) is 9.28. The third kappa shape index (κ3) is 3.19. The number of anilines is 1. The van der Waals surface area contributed by atoms with E-state index in [4.69, 9.17) is 0 Å². The van der Waals surface area contributed by atoms with Crippen molar-refractivity contribution in [2.45, 2.75) is 27.3 Å². The number of aromatic nitrogens is 2. The van der Waals surface area contributed by atoms with Crippen LogP contribution in [0.5, 0.6) is 0 Å². The standard InChI is InChI=1S/C14H19N3O2S/c1-10-7-5-6-8-13(10)9-17-12(3)14(11(2)15-17)16-20(4,18)19/h5-8,16H,9H2,1-4H3. The number of nitrogens with one attached hydrogen (secondary N) is 1. The van der Waals surface area contributed by atoms with Crippen molar-refractivity contribution < 1.29 is 8.42 Å². The van der Waals surface area contributed by atoms with Gasteiger partial charge in [-0.1, -0.05) is 24.3 Å². The van der Waals surface area contributed by atoms with Crippen molar-refractivity contribution in [3.05, 3.63) is 46.8 Å². The topological polar surface area (TPSA) is 64.0 Å². The maximum absolute atomic E-state index is 11.4. The average Bonchev–Trinajstić information content (AvgIpc) is 2.58. The van der Waals surface area contributed by atoms with Crippen molar-refractivity contribution in [2.24, 2.45) is 0 Å². The Labute approximate surface area is 119 Å². The number of nitrogens with zero attached hydrogens (tertiary/aromatic N) is 2. The van der Waals surface area contributed by atoms with Gasteiger partial charge < -0.3 is 0 Å². The Bertz CT molecular complexity index is 733. The van der Waals surface area contributed by atoms with Gasteiger partial charge in [0.1, 0.15) is 0 Å². The molecular weight excluding hydrogens is 274 g/mol. The maximum atomic E-state index is 11.4. The molecule has 0 radical (unpaired) electrons. The Balaban J connectivity index is 2.36. The fourth-order valence-electron chi connectivity index (χ4n) is 2.13. The molecule has 1 N–H and O–H groups in total. The van der Waals surface area contributed by atoms with E-state index < -0.39 is 10.0 Å². The van der Waals surface area contributed by atoms with Gasteiger partial charge >= 0.3 is 0 Å². The van der Waals surface area contributed by atoms with E-state index in [1.165, 1.54) is 11.1 Å². The summed E-state index contributed by atoms with van der Waals surface area (Å²) in [4.78, 5) is 0. The highest BCUT2D eigenvalue weighted by Crippen LogP contribution is 2.21. The Morgan fingerprint density at radius 1 is 1.20 bits per heavy atom. The van der Waals surface area contributed by atoms with Crippen molar-refractivity contribution in [2.75, 3.05) is 11.0 Å². The second-order valence-electron chi connectivity index (χ2n) is 5.00. The summed E-state index contributed by atoms with van der Waals surface area (Å²) >= 11 is 0. The molecule has 108 valence electrons. The molecule has 0 saturated carbocycles. The van der Waals surface area contributed by atoms with Gasteiger partial charge in [-0.05, 0) is 31.9 Å². The lowest BCUT2D eigenvalue weighted by Gasteiger charge is -2.08. The predicted octanol–water partition coefficient (Wildman–Crippen LogP) is 2.23. The maximum Gasteiger partial charge on any atom is 0.229 e. The van der Waals surface area contributed by atoms with Gasteiger partial charge in [0.15, 0.2) is 0 Å². The molecule has 0 aliphatic heterocycles. The van der Waals surface area contributed by atoms with Crippen LogP contribution in [-0.2, 0) is 16.6 Å². The predicted molar refractivity (Wildman–Crippen MR) is 80.4 cm³/mol. The first-order valence-electron chi connectivity index (χ1n) is 6.34. The molecule has 6 heteroatoms. The van der Waals surface area contributed by atoms with Gasteiger partial charge in [0.2, 0.25) is 10.0 Å². The van der Waals surface area contributed by atoms with Gasteiger partial charge in [0.05, 0.1) is 29.9 Å². The molecule has 1 aromatic heterocycles. The molecule has 2 aromatic rings. The molecule has 0 bridgehead atoms. The first-order valence-corrected chi connectivity index (χ1v) is 8.23. The highest BCUT2D eigenvalue weighted by molar-refractivity contribution is 7.92. The van der Waals surface area contributed by atoms with Crippen molar-refractivity contribution in [1.82, 2.24) is 9.78 Å². The van der Waals surface area contributed by atoms with Gasteiger partial charge in [0.25, 0.3) is 0 Å². The van der Waals surface area contributed by atoms with Crippen LogP contribution in [0.25, 0.3) is 0 Å². The van der Waals surface area contributed by atoms with E-state index in [2.05, 4.69) is 28.9 Å². The lowest BCUT2D eigenvalue weighted by Crippen LogP contribution is -2.11. The third-order valence-electron chi connectivity index (χ3n) is 3.25. The van der Waals surface area contributed by atoms with Gasteiger partial charge in [-0.3, -0.25) is 9.40 Å². The van der Waals surface area contributed by atoms with Crippen LogP contribution >= 0.6 is 0 Å². The summed E-state index contributed by atoms with van der Waals surface area (Å²) in [6.07, 6.45) is 1.14. The summed E-state index contributed by atoms with van der Waals surface area (Å²) in [5, 5.41) is 4.42. The highest BCUT2D eigenvalue weighted by atomic mass is 32.2. The van der Waals surface area contributed by atoms with Gasteiger partial charge in [-0.15, -0.1) is 0 Å². The summed E-state index contributed by atoms with van der Waals surface area (Å²) in [5.74, 6) is 0. The third-order valence-corrected chi connectivity index (χ3v) is 3.83. The number of rotatable bonds is 4. The van der Waals surface area contributed by atoms with Crippen LogP contribution in [0, 0.1) is 20.8 Å². The quantitative estimate of drug-likeness (QED) is 0.940. The molecule has 0 unspecified atom stereocenters. The van der Waals surface area contributed by atoms with Crippen molar-refractivity contribution >= 4 is 15.7 Å². The number of aryl methyl sites for hydroxylation is 2. The zero-order chi connectivity index (χ0) is 14.9. The van der Waals surface area contributed by atoms with Crippen molar-refractivity contribution in [3.63, 3.8) is 0 Å². The molecule has 1 aromatic carbocycles. The Morgan fingerprint density at radius 3 is 2.45 bits per heavy atom. The smallest absolute Gasteiger partial charge is 0.229 e. The molecule has 1 heterocycles. The zero-order valence-corrected chi connectivity index (χ0v) is 13.0. The zero-order valence-electron chi connectivity index (χ0n) is 12.1. The number of benzene rings is 1. The number of hydrogen-bond acceptors (Lipinski definition) is 3. The SMILES string of the molecule is Cc1ccccc1Cn1nc(C)c(NS(C)(=O)=O)c1C. The minimum atomic E-state index is -3.29. The summed E-state index contributed by atoms with van der Waals surface area (Å²) in [6.45, 7) is 6.35. The molecule has 0 spiro atoms. The van der Waals surface area contributed by atoms with Crippen LogP contribution in [0.2, 0.25) is 0 Å². The fraction of sp³-hybridized carbons (Fsp3) is 0.357. The summed E-state index contributed by atoms with van der Waals surface area (Å²) in [6, 6.07) is 8.09. The average molecular weight is 293 g/mol. The van der Waals surface area contributed by atoms with Crippen LogP contribution in [0.1, 0.15) is 22.5 Å². The van der Waals surface area contributed by atoms with Crippen LogP contribution in [-0.4, -0.2) is 24.5 Å². The van der Waals surface area contributed by atoms with Gasteiger partial charge in [-0.2, -0.15) is 5.10 Å². The molecule has 20 heavy (non-hydrogen) atoms. The summed E-state index contributed by atoms with van der Waals surface area (Å²) in [7, 11) is -3.29. The largest absolute Gasteiger partial charge is 0.280 e. The molecular formula is C14H19N3O2S. The minimum absolute atomic E-state index is 0.570. The summed E-state index contributed by atoms with van der Waals surface area (Å²) < 4.78 is 27.1. The first kappa shape index (κ1) is 14.6. The Kier molecular flexibility index (Phi) is 3.85. The van der Waals surface area contributed by atoms with E-state index in [0.29, 0.717) is 17.9 Å². The molecule has 0 aliphatic carbocycles. The van der Waals surface area contributed by atoms with Crippen molar-refractivity contribution in [3.8, 4) is 0 Å². The van der Waals surface area contributed by atoms with Crippen LogP contribution < -0.4 is 4.72 Å². The molecule has 0 fully saturated rings. The lowest BCUT2D eigenvalue weighted by atomic mass is 10.1. The molecule has 0 saturated heterocycles. The molecule has 0 atom stereocenters. The van der Waals surface area contributed by atoms with Gasteiger partial charge in [-0.25, -0.2) is 8.42 Å². The van der Waals surface area contributed by atoms with Gasteiger partial charge in [0, 0.05) is 0 Å².